The van der Waals surface area contributed by atoms with Gasteiger partial charge in [-0.05, 0) is 50.5 Å². The van der Waals surface area contributed by atoms with Crippen molar-refractivity contribution in [2.45, 2.75) is 45.6 Å². The second kappa shape index (κ2) is 5.01. The van der Waals surface area contributed by atoms with Gasteiger partial charge in [0.2, 0.25) is 4.77 Å². The lowest BCUT2D eigenvalue weighted by atomic mass is 10.1. The van der Waals surface area contributed by atoms with E-state index in [1.807, 2.05) is 18.4 Å². The molecule has 2 aromatic heterocycles. The number of hydrogen-bond donors (Lipinski definition) is 2. The van der Waals surface area contributed by atoms with Crippen molar-refractivity contribution in [2.24, 2.45) is 0 Å². The van der Waals surface area contributed by atoms with E-state index in [0.717, 1.165) is 24.1 Å². The van der Waals surface area contributed by atoms with Crippen LogP contribution in [0.2, 0.25) is 0 Å². The van der Waals surface area contributed by atoms with Gasteiger partial charge in [-0.15, -0.1) is 0 Å². The van der Waals surface area contributed by atoms with E-state index in [-0.39, 0.29) is 5.56 Å². The van der Waals surface area contributed by atoms with Gasteiger partial charge >= 0.3 is 0 Å². The Morgan fingerprint density at radius 1 is 1.30 bits per heavy atom. The average Bonchev–Trinajstić information content (AvgIpc) is 3.01. The molecule has 0 unspecified atom stereocenters. The molecule has 0 spiro atoms. The van der Waals surface area contributed by atoms with Gasteiger partial charge in [-0.3, -0.25) is 15.0 Å². The van der Waals surface area contributed by atoms with Crippen molar-refractivity contribution >= 4 is 12.2 Å². The van der Waals surface area contributed by atoms with E-state index in [1.165, 1.54) is 12.8 Å². The Labute approximate surface area is 122 Å². The molecule has 0 atom stereocenters. The van der Waals surface area contributed by atoms with E-state index in [9.17, 15) is 4.79 Å². The Balaban J connectivity index is 2.22. The molecule has 6 heteroatoms. The Bertz CT molecular complexity index is 749. The summed E-state index contributed by atoms with van der Waals surface area (Å²) in [6.07, 6.45) is 4.56. The highest BCUT2D eigenvalue weighted by Crippen LogP contribution is 2.30. The molecule has 1 saturated carbocycles. The highest BCUT2D eigenvalue weighted by molar-refractivity contribution is 7.71. The van der Waals surface area contributed by atoms with Crippen LogP contribution < -0.4 is 5.56 Å². The maximum Gasteiger partial charge on any atom is 0.262 e. The van der Waals surface area contributed by atoms with E-state index in [2.05, 4.69) is 21.2 Å². The van der Waals surface area contributed by atoms with Gasteiger partial charge in [0, 0.05) is 11.7 Å². The SMILES string of the molecule is Cc1cc(C)n(C2CCCC2)c(=O)c1-c1nc(=S)[nH][nH]1. The highest BCUT2D eigenvalue weighted by Gasteiger charge is 2.22. The predicted molar refractivity (Wildman–Crippen MR) is 80.4 cm³/mol. The minimum Gasteiger partial charge on any atom is -0.309 e. The predicted octanol–water partition coefficient (Wildman–Crippen LogP) is 3.03. The zero-order chi connectivity index (χ0) is 14.3. The first-order chi connectivity index (χ1) is 9.58. The second-order valence-electron chi connectivity index (χ2n) is 5.47. The van der Waals surface area contributed by atoms with Gasteiger partial charge in [0.05, 0.1) is 5.56 Å². The summed E-state index contributed by atoms with van der Waals surface area (Å²) < 4.78 is 2.30. The quantitative estimate of drug-likeness (QED) is 0.835. The van der Waals surface area contributed by atoms with Crippen LogP contribution in [0, 0.1) is 18.6 Å². The van der Waals surface area contributed by atoms with Crippen LogP contribution in [-0.4, -0.2) is 19.7 Å². The fraction of sp³-hybridized carbons (Fsp3) is 0.500. The number of aromatic nitrogens is 4. The molecule has 0 saturated heterocycles. The Hall–Kier alpha value is -1.69. The molecule has 1 fully saturated rings. The van der Waals surface area contributed by atoms with Crippen molar-refractivity contribution in [1.29, 1.82) is 0 Å². The van der Waals surface area contributed by atoms with Crippen LogP contribution in [0.15, 0.2) is 10.9 Å². The van der Waals surface area contributed by atoms with Crippen LogP contribution in [0.1, 0.15) is 43.0 Å². The smallest absolute Gasteiger partial charge is 0.262 e. The lowest BCUT2D eigenvalue weighted by molar-refractivity contribution is 0.491. The van der Waals surface area contributed by atoms with Crippen LogP contribution in [0.5, 0.6) is 0 Å². The number of nitrogens with one attached hydrogen (secondary N) is 2. The minimum atomic E-state index is 0.0344. The third-order valence-corrected chi connectivity index (χ3v) is 4.25. The first-order valence-corrected chi connectivity index (χ1v) is 7.36. The highest BCUT2D eigenvalue weighted by atomic mass is 32.1. The molecule has 0 amide bonds. The molecule has 2 heterocycles. The van der Waals surface area contributed by atoms with E-state index in [4.69, 9.17) is 12.2 Å². The molecule has 5 nitrogen and oxygen atoms in total. The first kappa shape index (κ1) is 13.3. The summed E-state index contributed by atoms with van der Waals surface area (Å²) >= 11 is 4.98. The largest absolute Gasteiger partial charge is 0.309 e. The van der Waals surface area contributed by atoms with Crippen LogP contribution in [0.4, 0.5) is 0 Å². The van der Waals surface area contributed by atoms with Crippen LogP contribution in [-0.2, 0) is 0 Å². The van der Waals surface area contributed by atoms with Crippen molar-refractivity contribution in [3.8, 4) is 11.4 Å². The number of pyridine rings is 1. The van der Waals surface area contributed by atoms with Crippen molar-refractivity contribution in [3.63, 3.8) is 0 Å². The number of aromatic amines is 2. The van der Waals surface area contributed by atoms with E-state index < -0.39 is 0 Å². The van der Waals surface area contributed by atoms with E-state index >= 15 is 0 Å². The Morgan fingerprint density at radius 3 is 2.60 bits per heavy atom. The maximum atomic E-state index is 12.9. The molecule has 1 aliphatic rings. The lowest BCUT2D eigenvalue weighted by Crippen LogP contribution is -2.28. The molecular weight excluding hydrogens is 272 g/mol. The van der Waals surface area contributed by atoms with E-state index in [1.54, 1.807) is 0 Å². The first-order valence-electron chi connectivity index (χ1n) is 6.95. The number of rotatable bonds is 2. The second-order valence-corrected chi connectivity index (χ2v) is 5.86. The van der Waals surface area contributed by atoms with Crippen LogP contribution in [0.25, 0.3) is 11.4 Å². The maximum absolute atomic E-state index is 12.9. The van der Waals surface area contributed by atoms with Crippen molar-refractivity contribution < 1.29 is 0 Å². The number of H-pyrrole nitrogens is 2. The topological polar surface area (TPSA) is 66.5 Å². The normalized spacial score (nSPS) is 15.9. The summed E-state index contributed by atoms with van der Waals surface area (Å²) in [7, 11) is 0. The van der Waals surface area contributed by atoms with Gasteiger partial charge in [-0.25, -0.2) is 0 Å². The third kappa shape index (κ3) is 2.14. The molecule has 1 aliphatic carbocycles. The summed E-state index contributed by atoms with van der Waals surface area (Å²) in [6, 6.07) is 2.38. The summed E-state index contributed by atoms with van der Waals surface area (Å²) in [4.78, 5) is 17.1. The fourth-order valence-electron chi connectivity index (χ4n) is 3.20. The Kier molecular flexibility index (Phi) is 3.33. The van der Waals surface area contributed by atoms with Crippen LogP contribution >= 0.6 is 12.2 Å². The minimum absolute atomic E-state index is 0.0344. The standard InChI is InChI=1S/C14H18N4OS/c1-8-7-9(2)18(10-5-3-4-6-10)13(19)11(8)12-15-14(20)17-16-12/h7,10H,3-6H2,1-2H3,(H2,15,16,17,20). The van der Waals surface area contributed by atoms with Gasteiger partial charge in [-0.2, -0.15) is 4.98 Å². The van der Waals surface area contributed by atoms with Crippen LogP contribution in [0.3, 0.4) is 0 Å². The molecule has 0 bridgehead atoms. The molecule has 0 aliphatic heterocycles. The third-order valence-electron chi connectivity index (χ3n) is 4.06. The molecule has 0 radical (unpaired) electrons. The zero-order valence-corrected chi connectivity index (χ0v) is 12.5. The molecule has 3 rings (SSSR count). The van der Waals surface area contributed by atoms with Gasteiger partial charge in [0.1, 0.15) is 0 Å². The zero-order valence-electron chi connectivity index (χ0n) is 11.7. The molecule has 106 valence electrons. The van der Waals surface area contributed by atoms with Crippen molar-refractivity contribution in [3.05, 3.63) is 32.4 Å². The molecular formula is C14H18N4OS. The van der Waals surface area contributed by atoms with Gasteiger partial charge in [0.15, 0.2) is 5.82 Å². The number of nitrogens with zero attached hydrogens (tertiary/aromatic N) is 2. The van der Waals surface area contributed by atoms with Crippen molar-refractivity contribution in [2.75, 3.05) is 0 Å². The van der Waals surface area contributed by atoms with Gasteiger partial charge in [0.25, 0.3) is 5.56 Å². The summed E-state index contributed by atoms with van der Waals surface area (Å²) in [5, 5.41) is 5.64. The summed E-state index contributed by atoms with van der Waals surface area (Å²) in [6.45, 7) is 3.94. The Morgan fingerprint density at radius 2 is 2.00 bits per heavy atom. The molecule has 0 aromatic carbocycles. The van der Waals surface area contributed by atoms with Gasteiger partial charge in [-0.1, -0.05) is 12.8 Å². The monoisotopic (exact) mass is 290 g/mol. The number of aryl methyl sites for hydroxylation is 2. The molecule has 2 aromatic rings. The molecule has 2 N–H and O–H groups in total. The fourth-order valence-corrected chi connectivity index (χ4v) is 3.34. The van der Waals surface area contributed by atoms with Gasteiger partial charge < -0.3 is 4.57 Å². The van der Waals surface area contributed by atoms with Crippen molar-refractivity contribution in [1.82, 2.24) is 19.7 Å². The summed E-state index contributed by atoms with van der Waals surface area (Å²) in [5.41, 5.74) is 2.61. The number of hydrogen-bond acceptors (Lipinski definition) is 3. The summed E-state index contributed by atoms with van der Waals surface area (Å²) in [5.74, 6) is 0.532. The van der Waals surface area contributed by atoms with E-state index in [0.29, 0.717) is 22.2 Å². The molecule has 20 heavy (non-hydrogen) atoms. The average molecular weight is 290 g/mol. The lowest BCUT2D eigenvalue weighted by Gasteiger charge is -2.19.